The standard InChI is InChI=1S/C66H125NO5/c1-3-5-7-9-11-13-15-17-32-35-38-42-46-50-54-58-64(69)63(62-68)67-65(70)59-55-51-47-43-39-36-33-30-28-26-24-22-20-18-19-21-23-25-27-29-31-34-37-41-45-49-53-57-61-72-66(71)60-56-52-48-44-40-16-14-12-10-8-6-4-2/h12,14,18-19,54,58,63-64,68-69H,3-11,13,15-17,20-53,55-57,59-62H2,1-2H3,(H,67,70)/b14-12-,19-18-,58-54+. The van der Waals surface area contributed by atoms with Gasteiger partial charge in [-0.1, -0.05) is 288 Å². The van der Waals surface area contributed by atoms with Crippen LogP contribution in [0.2, 0.25) is 0 Å². The van der Waals surface area contributed by atoms with Gasteiger partial charge in [-0.05, 0) is 83.5 Å². The molecule has 6 heteroatoms. The van der Waals surface area contributed by atoms with Gasteiger partial charge < -0.3 is 20.3 Å². The molecule has 0 aliphatic carbocycles. The van der Waals surface area contributed by atoms with Crippen molar-refractivity contribution in [3.63, 3.8) is 0 Å². The predicted octanol–water partition coefficient (Wildman–Crippen LogP) is 20.4. The molecule has 0 saturated carbocycles. The number of carbonyl (C=O) groups excluding carboxylic acids is 2. The van der Waals surface area contributed by atoms with E-state index in [1.165, 1.54) is 276 Å². The summed E-state index contributed by atoms with van der Waals surface area (Å²) in [5, 5.41) is 23.1. The third-order valence-electron chi connectivity index (χ3n) is 14.9. The summed E-state index contributed by atoms with van der Waals surface area (Å²) in [4.78, 5) is 24.5. The summed E-state index contributed by atoms with van der Waals surface area (Å²) < 4.78 is 5.47. The number of hydrogen-bond donors (Lipinski definition) is 3. The van der Waals surface area contributed by atoms with Crippen LogP contribution in [0, 0.1) is 0 Å². The van der Waals surface area contributed by atoms with Crippen molar-refractivity contribution in [2.75, 3.05) is 13.2 Å². The summed E-state index contributed by atoms with van der Waals surface area (Å²) in [6, 6.07) is -0.628. The second kappa shape index (κ2) is 61.6. The molecule has 0 aromatic heterocycles. The minimum absolute atomic E-state index is 0.00532. The summed E-state index contributed by atoms with van der Waals surface area (Å²) in [5.74, 6) is -0.0612. The third kappa shape index (κ3) is 57.4. The van der Waals surface area contributed by atoms with Gasteiger partial charge in [0.15, 0.2) is 0 Å². The summed E-state index contributed by atoms with van der Waals surface area (Å²) in [5.41, 5.74) is 0. The van der Waals surface area contributed by atoms with Gasteiger partial charge in [-0.15, -0.1) is 0 Å². The Morgan fingerprint density at radius 3 is 1.01 bits per heavy atom. The molecule has 0 bridgehead atoms. The largest absolute Gasteiger partial charge is 0.466 e. The van der Waals surface area contributed by atoms with Gasteiger partial charge in [-0.25, -0.2) is 0 Å². The maximum atomic E-state index is 12.5. The first-order valence-corrected chi connectivity index (χ1v) is 32.3. The van der Waals surface area contributed by atoms with E-state index in [1.807, 2.05) is 6.08 Å². The molecule has 0 fully saturated rings. The summed E-state index contributed by atoms with van der Waals surface area (Å²) in [6.07, 6.45) is 77.7. The maximum Gasteiger partial charge on any atom is 0.305 e. The molecule has 0 heterocycles. The molecule has 0 saturated heterocycles. The highest BCUT2D eigenvalue weighted by molar-refractivity contribution is 5.76. The normalized spacial score (nSPS) is 12.8. The molecule has 3 N–H and O–H groups in total. The van der Waals surface area contributed by atoms with Crippen molar-refractivity contribution in [3.8, 4) is 0 Å². The van der Waals surface area contributed by atoms with E-state index in [0.717, 1.165) is 44.9 Å². The fourth-order valence-electron chi connectivity index (χ4n) is 9.92. The lowest BCUT2D eigenvalue weighted by molar-refractivity contribution is -0.143. The van der Waals surface area contributed by atoms with Crippen LogP contribution in [0.25, 0.3) is 0 Å². The summed E-state index contributed by atoms with van der Waals surface area (Å²) >= 11 is 0. The second-order valence-electron chi connectivity index (χ2n) is 22.1. The topological polar surface area (TPSA) is 95.9 Å². The van der Waals surface area contributed by atoms with Gasteiger partial charge in [0.2, 0.25) is 5.91 Å². The quantitative estimate of drug-likeness (QED) is 0.0320. The molecule has 0 rings (SSSR count). The molecular formula is C66H125NO5. The lowest BCUT2D eigenvalue weighted by Crippen LogP contribution is -2.45. The first-order chi connectivity index (χ1) is 35.5. The molecule has 2 unspecified atom stereocenters. The molecule has 424 valence electrons. The monoisotopic (exact) mass is 1010 g/mol. The van der Waals surface area contributed by atoms with Crippen molar-refractivity contribution in [2.24, 2.45) is 0 Å². The van der Waals surface area contributed by atoms with Gasteiger partial charge in [0.1, 0.15) is 0 Å². The zero-order chi connectivity index (χ0) is 52.2. The SMILES string of the molecule is CCCCC/C=C\CCCCCCCC(=O)OCCCCCCCCCCCCCC/C=C\CCCCCCCCCCCCCCC(=O)NC(CO)C(O)/C=C/CCCCCCCCCCCCCCC. The lowest BCUT2D eigenvalue weighted by atomic mass is 10.0. The van der Waals surface area contributed by atoms with Crippen LogP contribution in [0.4, 0.5) is 0 Å². The Kier molecular flexibility index (Phi) is 60.0. The molecular weight excluding hydrogens is 887 g/mol. The minimum atomic E-state index is -0.844. The molecule has 1 amide bonds. The lowest BCUT2D eigenvalue weighted by Gasteiger charge is -2.20. The van der Waals surface area contributed by atoms with E-state index in [2.05, 4.69) is 43.5 Å². The minimum Gasteiger partial charge on any atom is -0.466 e. The fourth-order valence-corrected chi connectivity index (χ4v) is 9.92. The molecule has 6 nitrogen and oxygen atoms in total. The van der Waals surface area contributed by atoms with E-state index in [-0.39, 0.29) is 18.5 Å². The Balaban J connectivity index is 3.40. The van der Waals surface area contributed by atoms with Crippen LogP contribution in [-0.4, -0.2) is 47.4 Å². The highest BCUT2D eigenvalue weighted by atomic mass is 16.5. The zero-order valence-corrected chi connectivity index (χ0v) is 48.4. The van der Waals surface area contributed by atoms with Crippen LogP contribution in [0.1, 0.15) is 348 Å². The number of rotatable bonds is 60. The molecule has 2 atom stereocenters. The van der Waals surface area contributed by atoms with E-state index in [1.54, 1.807) is 6.08 Å². The van der Waals surface area contributed by atoms with Crippen LogP contribution in [0.15, 0.2) is 36.5 Å². The number of amides is 1. The first-order valence-electron chi connectivity index (χ1n) is 32.3. The third-order valence-corrected chi connectivity index (χ3v) is 14.9. The number of nitrogens with one attached hydrogen (secondary N) is 1. The zero-order valence-electron chi connectivity index (χ0n) is 48.4. The molecule has 0 aliphatic rings. The average molecular weight is 1010 g/mol. The summed E-state index contributed by atoms with van der Waals surface area (Å²) in [6.45, 7) is 4.89. The van der Waals surface area contributed by atoms with Gasteiger partial charge in [0.25, 0.3) is 0 Å². The smallest absolute Gasteiger partial charge is 0.305 e. The van der Waals surface area contributed by atoms with Crippen LogP contribution >= 0.6 is 0 Å². The number of hydrogen-bond acceptors (Lipinski definition) is 5. The molecule has 0 spiro atoms. The van der Waals surface area contributed by atoms with Gasteiger partial charge >= 0.3 is 5.97 Å². The number of carbonyl (C=O) groups is 2. The van der Waals surface area contributed by atoms with Gasteiger partial charge in [-0.2, -0.15) is 0 Å². The van der Waals surface area contributed by atoms with Crippen LogP contribution in [0.5, 0.6) is 0 Å². The van der Waals surface area contributed by atoms with Crippen molar-refractivity contribution >= 4 is 11.9 Å². The molecule has 0 aromatic rings. The highest BCUT2D eigenvalue weighted by Gasteiger charge is 2.18. The number of esters is 1. The predicted molar refractivity (Wildman–Crippen MR) is 315 cm³/mol. The number of aliphatic hydroxyl groups is 2. The van der Waals surface area contributed by atoms with E-state index >= 15 is 0 Å². The number of unbranched alkanes of at least 4 members (excludes halogenated alkanes) is 45. The Morgan fingerprint density at radius 1 is 0.375 bits per heavy atom. The number of aliphatic hydroxyl groups excluding tert-OH is 2. The number of allylic oxidation sites excluding steroid dienone is 5. The molecule has 0 aromatic carbocycles. The highest BCUT2D eigenvalue weighted by Crippen LogP contribution is 2.17. The van der Waals surface area contributed by atoms with Gasteiger partial charge in [0.05, 0.1) is 25.4 Å². The second-order valence-corrected chi connectivity index (χ2v) is 22.1. The van der Waals surface area contributed by atoms with E-state index in [4.69, 9.17) is 4.74 Å². The van der Waals surface area contributed by atoms with Crippen molar-refractivity contribution in [2.45, 2.75) is 360 Å². The van der Waals surface area contributed by atoms with Crippen LogP contribution in [-0.2, 0) is 14.3 Å². The van der Waals surface area contributed by atoms with Crippen LogP contribution < -0.4 is 5.32 Å². The Bertz CT molecular complexity index is 1170. The van der Waals surface area contributed by atoms with E-state index in [0.29, 0.717) is 19.4 Å². The maximum absolute atomic E-state index is 12.5. The average Bonchev–Trinajstić information content (AvgIpc) is 3.38. The van der Waals surface area contributed by atoms with Gasteiger partial charge in [-0.3, -0.25) is 9.59 Å². The molecule has 0 aliphatic heterocycles. The van der Waals surface area contributed by atoms with Crippen molar-refractivity contribution < 1.29 is 24.5 Å². The Labute approximate surface area is 449 Å². The Morgan fingerprint density at radius 2 is 0.653 bits per heavy atom. The van der Waals surface area contributed by atoms with E-state index in [9.17, 15) is 19.8 Å². The first kappa shape index (κ1) is 70.1. The molecule has 0 radical (unpaired) electrons. The Hall–Kier alpha value is -1.92. The molecule has 72 heavy (non-hydrogen) atoms. The van der Waals surface area contributed by atoms with Crippen molar-refractivity contribution in [1.82, 2.24) is 5.32 Å². The number of ether oxygens (including phenoxy) is 1. The fraction of sp³-hybridized carbons (Fsp3) is 0.879. The summed E-state index contributed by atoms with van der Waals surface area (Å²) in [7, 11) is 0. The van der Waals surface area contributed by atoms with Gasteiger partial charge in [0, 0.05) is 12.8 Å². The van der Waals surface area contributed by atoms with Crippen molar-refractivity contribution in [1.29, 1.82) is 0 Å². The van der Waals surface area contributed by atoms with Crippen molar-refractivity contribution in [3.05, 3.63) is 36.5 Å². The van der Waals surface area contributed by atoms with Crippen LogP contribution in [0.3, 0.4) is 0 Å². The van der Waals surface area contributed by atoms with E-state index < -0.39 is 12.1 Å².